The second-order valence-electron chi connectivity index (χ2n) is 9.12. The van der Waals surface area contributed by atoms with E-state index in [1.165, 1.54) is 4.70 Å². The number of aromatic nitrogens is 1. The van der Waals surface area contributed by atoms with Gasteiger partial charge >= 0.3 is 0 Å². The van der Waals surface area contributed by atoms with Gasteiger partial charge in [0.25, 0.3) is 0 Å². The van der Waals surface area contributed by atoms with Crippen LogP contribution in [0.4, 0.5) is 0 Å². The molecule has 1 atom stereocenters. The number of para-hydroxylation sites is 1. The van der Waals surface area contributed by atoms with Crippen LogP contribution in [0.25, 0.3) is 10.2 Å². The van der Waals surface area contributed by atoms with Crippen LogP contribution in [0.3, 0.4) is 0 Å². The Labute approximate surface area is 205 Å². The Bertz CT molecular complexity index is 1200. The van der Waals surface area contributed by atoms with Crippen LogP contribution in [0, 0.1) is 0 Å². The number of fused-ring (bicyclic) bond motifs is 1. The maximum atomic E-state index is 13.1. The molecule has 2 aromatic carbocycles. The fourth-order valence-electron chi connectivity index (χ4n) is 4.80. The largest absolute Gasteiger partial charge is 0.341 e. The van der Waals surface area contributed by atoms with Crippen molar-refractivity contribution in [1.82, 2.24) is 19.1 Å². The minimum absolute atomic E-state index is 0.0215. The maximum Gasteiger partial charge on any atom is 0.236 e. The Balaban J connectivity index is 1.14. The first-order valence-electron chi connectivity index (χ1n) is 11.9. The molecule has 7 nitrogen and oxygen atoms in total. The number of rotatable bonds is 6. The number of hydrogen-bond acceptors (Lipinski definition) is 6. The van der Waals surface area contributed by atoms with E-state index in [0.29, 0.717) is 39.3 Å². The lowest BCUT2D eigenvalue weighted by Crippen LogP contribution is -2.52. The zero-order valence-corrected chi connectivity index (χ0v) is 20.8. The second kappa shape index (κ2) is 10.1. The predicted octanol–water partition coefficient (Wildman–Crippen LogP) is 3.15. The molecule has 3 heterocycles. The first-order valence-corrected chi connectivity index (χ1v) is 14.3. The Morgan fingerprint density at radius 2 is 1.71 bits per heavy atom. The first kappa shape index (κ1) is 23.4. The van der Waals surface area contributed by atoms with Crippen molar-refractivity contribution < 1.29 is 13.2 Å². The van der Waals surface area contributed by atoms with Crippen LogP contribution in [-0.2, 0) is 20.6 Å². The predicted molar refractivity (Wildman–Crippen MR) is 135 cm³/mol. The van der Waals surface area contributed by atoms with Crippen molar-refractivity contribution in [2.75, 3.05) is 45.8 Å². The van der Waals surface area contributed by atoms with Gasteiger partial charge in [0.2, 0.25) is 15.9 Å². The average molecular weight is 499 g/mol. The Hall–Kier alpha value is -2.33. The van der Waals surface area contributed by atoms with Crippen molar-refractivity contribution >= 4 is 37.5 Å². The molecule has 2 saturated heterocycles. The average Bonchev–Trinajstić information content (AvgIpc) is 3.29. The zero-order chi connectivity index (χ0) is 23.5. The molecule has 0 spiro atoms. The van der Waals surface area contributed by atoms with Crippen molar-refractivity contribution in [3.8, 4) is 0 Å². The van der Waals surface area contributed by atoms with Crippen molar-refractivity contribution in [3.63, 3.8) is 0 Å². The summed E-state index contributed by atoms with van der Waals surface area (Å²) in [6, 6.07) is 17.5. The molecule has 0 unspecified atom stereocenters. The summed E-state index contributed by atoms with van der Waals surface area (Å²) in [6.45, 7) is 3.85. The number of piperidine rings is 1. The van der Waals surface area contributed by atoms with Gasteiger partial charge in [-0.05, 0) is 30.5 Å². The highest BCUT2D eigenvalue weighted by molar-refractivity contribution is 7.88. The Morgan fingerprint density at radius 3 is 2.47 bits per heavy atom. The summed E-state index contributed by atoms with van der Waals surface area (Å²) in [6.07, 6.45) is 2.04. The minimum Gasteiger partial charge on any atom is -0.341 e. The lowest BCUT2D eigenvalue weighted by Gasteiger charge is -2.36. The summed E-state index contributed by atoms with van der Waals surface area (Å²) in [5.74, 6) is 0.440. The molecule has 9 heteroatoms. The molecule has 34 heavy (non-hydrogen) atoms. The van der Waals surface area contributed by atoms with E-state index < -0.39 is 10.0 Å². The molecule has 1 aromatic heterocycles. The van der Waals surface area contributed by atoms with Crippen molar-refractivity contribution in [2.45, 2.75) is 24.5 Å². The van der Waals surface area contributed by atoms with Crippen LogP contribution in [0.1, 0.15) is 29.3 Å². The fourth-order valence-corrected chi connectivity index (χ4v) is 7.41. The standard InChI is InChI=1S/C25H30N4O3S2/c30-24(28-12-6-9-21(17-28)25-26-22-10-4-5-11-23(22)33-25)18-27-13-15-29(16-14-27)34(31,32)19-20-7-2-1-3-8-20/h1-5,7-8,10-11,21H,6,9,12-19H2/t21-/m0/s1. The topological polar surface area (TPSA) is 73.8 Å². The molecule has 3 aromatic rings. The lowest BCUT2D eigenvalue weighted by molar-refractivity contribution is -0.133. The Morgan fingerprint density at radius 1 is 0.971 bits per heavy atom. The molecular formula is C25H30N4O3S2. The van der Waals surface area contributed by atoms with E-state index in [0.717, 1.165) is 35.5 Å². The number of carbonyl (C=O) groups is 1. The molecule has 0 bridgehead atoms. The van der Waals surface area contributed by atoms with E-state index in [-0.39, 0.29) is 17.6 Å². The number of hydrogen-bond donors (Lipinski definition) is 0. The van der Waals surface area contributed by atoms with Gasteiger partial charge in [0.15, 0.2) is 0 Å². The molecule has 2 fully saturated rings. The van der Waals surface area contributed by atoms with Crippen molar-refractivity contribution in [1.29, 1.82) is 0 Å². The maximum absolute atomic E-state index is 13.1. The van der Waals surface area contributed by atoms with Crippen LogP contribution >= 0.6 is 11.3 Å². The summed E-state index contributed by atoms with van der Waals surface area (Å²) in [5.41, 5.74) is 1.83. The first-order chi connectivity index (χ1) is 16.5. The Kier molecular flexibility index (Phi) is 6.96. The molecule has 0 aliphatic carbocycles. The van der Waals surface area contributed by atoms with E-state index >= 15 is 0 Å². The van der Waals surface area contributed by atoms with Crippen LogP contribution in [0.15, 0.2) is 54.6 Å². The van der Waals surface area contributed by atoms with E-state index in [2.05, 4.69) is 11.0 Å². The SMILES string of the molecule is O=C(CN1CCN(S(=O)(=O)Cc2ccccc2)CC1)N1CCC[C@H](c2nc3ccccc3s2)C1. The smallest absolute Gasteiger partial charge is 0.236 e. The van der Waals surface area contributed by atoms with E-state index in [1.54, 1.807) is 15.6 Å². The van der Waals surface area contributed by atoms with Crippen LogP contribution in [0.2, 0.25) is 0 Å². The summed E-state index contributed by atoms with van der Waals surface area (Å²) >= 11 is 1.73. The quantitative estimate of drug-likeness (QED) is 0.522. The third-order valence-electron chi connectivity index (χ3n) is 6.71. The molecule has 180 valence electrons. The number of thiazole rings is 1. The summed E-state index contributed by atoms with van der Waals surface area (Å²) in [4.78, 5) is 21.9. The third kappa shape index (κ3) is 5.33. The van der Waals surface area contributed by atoms with Crippen LogP contribution in [0.5, 0.6) is 0 Å². The van der Waals surface area contributed by atoms with Gasteiger partial charge in [0.05, 0.1) is 27.5 Å². The molecule has 1 amide bonds. The van der Waals surface area contributed by atoms with Gasteiger partial charge in [-0.25, -0.2) is 13.4 Å². The summed E-state index contributed by atoms with van der Waals surface area (Å²) in [7, 11) is -3.35. The molecule has 2 aliphatic heterocycles. The van der Waals surface area contributed by atoms with E-state index in [4.69, 9.17) is 4.98 Å². The molecule has 0 saturated carbocycles. The van der Waals surface area contributed by atoms with Gasteiger partial charge < -0.3 is 4.90 Å². The van der Waals surface area contributed by atoms with Crippen molar-refractivity contribution in [3.05, 3.63) is 65.2 Å². The highest BCUT2D eigenvalue weighted by Crippen LogP contribution is 2.33. The van der Waals surface area contributed by atoms with Gasteiger partial charge in [0.1, 0.15) is 0 Å². The highest BCUT2D eigenvalue weighted by atomic mass is 32.2. The number of carbonyl (C=O) groups excluding carboxylic acids is 1. The normalized spacial score (nSPS) is 20.6. The second-order valence-corrected chi connectivity index (χ2v) is 12.1. The van der Waals surface area contributed by atoms with Gasteiger partial charge in [-0.2, -0.15) is 4.31 Å². The fraction of sp³-hybridized carbons (Fsp3) is 0.440. The number of amides is 1. The molecular weight excluding hydrogens is 468 g/mol. The van der Waals surface area contributed by atoms with Crippen molar-refractivity contribution in [2.24, 2.45) is 0 Å². The summed E-state index contributed by atoms with van der Waals surface area (Å²) in [5, 5.41) is 1.12. The van der Waals surface area contributed by atoms with Gasteiger partial charge in [-0.1, -0.05) is 42.5 Å². The summed E-state index contributed by atoms with van der Waals surface area (Å²) < 4.78 is 28.3. The number of piperazine rings is 1. The van der Waals surface area contributed by atoms with Crippen LogP contribution in [-0.4, -0.2) is 79.2 Å². The monoisotopic (exact) mass is 498 g/mol. The number of sulfonamides is 1. The lowest BCUT2D eigenvalue weighted by atomic mass is 9.98. The molecule has 2 aliphatic rings. The number of benzene rings is 2. The number of nitrogens with zero attached hydrogens (tertiary/aromatic N) is 4. The van der Waals surface area contributed by atoms with Gasteiger partial charge in [-0.3, -0.25) is 9.69 Å². The van der Waals surface area contributed by atoms with Gasteiger partial charge in [-0.15, -0.1) is 11.3 Å². The van der Waals surface area contributed by atoms with Crippen LogP contribution < -0.4 is 0 Å². The van der Waals surface area contributed by atoms with Gasteiger partial charge in [0, 0.05) is 45.2 Å². The van der Waals surface area contributed by atoms with E-state index in [1.807, 2.05) is 53.4 Å². The highest BCUT2D eigenvalue weighted by Gasteiger charge is 2.31. The van der Waals surface area contributed by atoms with E-state index in [9.17, 15) is 13.2 Å². The molecule has 0 N–H and O–H groups in total. The molecule has 5 rings (SSSR count). The zero-order valence-electron chi connectivity index (χ0n) is 19.2. The molecule has 0 radical (unpaired) electrons. The third-order valence-corrected chi connectivity index (χ3v) is 9.76. The number of likely N-dealkylation sites (tertiary alicyclic amines) is 1. The minimum atomic E-state index is -3.35.